The summed E-state index contributed by atoms with van der Waals surface area (Å²) in [6, 6.07) is 1.87. The molecule has 0 aliphatic rings. The van der Waals surface area contributed by atoms with Crippen molar-refractivity contribution < 1.29 is 8.78 Å². The van der Waals surface area contributed by atoms with Crippen molar-refractivity contribution in [2.75, 3.05) is 13.6 Å². The van der Waals surface area contributed by atoms with Crippen LogP contribution in [-0.2, 0) is 13.1 Å². The lowest BCUT2D eigenvalue weighted by Gasteiger charge is -2.12. The zero-order chi connectivity index (χ0) is 15.8. The largest absolute Gasteiger partial charge is 0.356 e. The molecule has 9 heteroatoms. The molecule has 0 amide bonds. The molecular weight excluding hydrogens is 292 g/mol. The Labute approximate surface area is 127 Å². The van der Waals surface area contributed by atoms with E-state index in [1.165, 1.54) is 12.4 Å². The molecule has 0 radical (unpaired) electrons. The number of alkyl halides is 2. The van der Waals surface area contributed by atoms with E-state index in [2.05, 4.69) is 25.7 Å². The molecule has 22 heavy (non-hydrogen) atoms. The van der Waals surface area contributed by atoms with Gasteiger partial charge in [-0.1, -0.05) is 0 Å². The Kier molecular flexibility index (Phi) is 5.87. The zero-order valence-electron chi connectivity index (χ0n) is 12.3. The van der Waals surface area contributed by atoms with Gasteiger partial charge in [0.05, 0.1) is 6.54 Å². The molecule has 2 aromatic heterocycles. The number of aromatic nitrogens is 4. The summed E-state index contributed by atoms with van der Waals surface area (Å²) in [5, 5.41) is 10.2. The van der Waals surface area contributed by atoms with Crippen molar-refractivity contribution in [3.63, 3.8) is 0 Å². The van der Waals surface area contributed by atoms with E-state index in [4.69, 9.17) is 0 Å². The van der Waals surface area contributed by atoms with E-state index in [0.717, 1.165) is 17.5 Å². The quantitative estimate of drug-likeness (QED) is 0.458. The van der Waals surface area contributed by atoms with E-state index in [0.29, 0.717) is 12.5 Å². The third-order valence-corrected chi connectivity index (χ3v) is 3.01. The van der Waals surface area contributed by atoms with Crippen molar-refractivity contribution in [1.82, 2.24) is 30.0 Å². The summed E-state index contributed by atoms with van der Waals surface area (Å²) in [4.78, 5) is 7.94. The minimum Gasteiger partial charge on any atom is -0.356 e. The maximum absolute atomic E-state index is 12.7. The van der Waals surface area contributed by atoms with Crippen molar-refractivity contribution in [2.24, 2.45) is 4.99 Å². The molecule has 0 bridgehead atoms. The van der Waals surface area contributed by atoms with Gasteiger partial charge >= 0.3 is 6.55 Å². The number of aryl methyl sites for hydroxylation is 1. The third kappa shape index (κ3) is 4.54. The van der Waals surface area contributed by atoms with E-state index < -0.39 is 6.55 Å². The molecule has 0 unspecified atom stereocenters. The molecule has 2 N–H and O–H groups in total. The van der Waals surface area contributed by atoms with Crippen molar-refractivity contribution in [3.8, 4) is 0 Å². The van der Waals surface area contributed by atoms with Gasteiger partial charge < -0.3 is 10.6 Å². The molecule has 0 saturated carbocycles. The maximum Gasteiger partial charge on any atom is 0.319 e. The number of imidazole rings is 1. The van der Waals surface area contributed by atoms with Gasteiger partial charge in [-0.25, -0.2) is 4.98 Å². The molecule has 0 fully saturated rings. The van der Waals surface area contributed by atoms with Crippen LogP contribution in [-0.4, -0.2) is 38.9 Å². The second-order valence-electron chi connectivity index (χ2n) is 4.50. The van der Waals surface area contributed by atoms with Gasteiger partial charge in [0.1, 0.15) is 5.82 Å². The SMILES string of the molecule is CN=C(NCCCn1cccn1)NCc1nccn1C(F)F. The molecule has 0 saturated heterocycles. The first-order chi connectivity index (χ1) is 10.7. The van der Waals surface area contributed by atoms with E-state index in [1.807, 2.05) is 16.9 Å². The number of hydrogen-bond donors (Lipinski definition) is 2. The molecular formula is C13H19F2N7. The molecule has 0 aliphatic carbocycles. The highest BCUT2D eigenvalue weighted by Crippen LogP contribution is 2.11. The molecule has 2 rings (SSSR count). The Morgan fingerprint density at radius 1 is 1.32 bits per heavy atom. The van der Waals surface area contributed by atoms with Crippen molar-refractivity contribution in [3.05, 3.63) is 36.7 Å². The van der Waals surface area contributed by atoms with Crippen LogP contribution in [0.25, 0.3) is 0 Å². The fraction of sp³-hybridized carbons (Fsp3) is 0.462. The average molecular weight is 311 g/mol. The molecule has 0 atom stereocenters. The van der Waals surface area contributed by atoms with Crippen molar-refractivity contribution >= 4 is 5.96 Å². The predicted molar refractivity (Wildman–Crippen MR) is 78.5 cm³/mol. The predicted octanol–water partition coefficient (Wildman–Crippen LogP) is 1.23. The zero-order valence-corrected chi connectivity index (χ0v) is 12.3. The van der Waals surface area contributed by atoms with Crippen LogP contribution in [0.1, 0.15) is 18.8 Å². The van der Waals surface area contributed by atoms with Gasteiger partial charge in [0, 0.05) is 44.9 Å². The first-order valence-electron chi connectivity index (χ1n) is 6.92. The summed E-state index contributed by atoms with van der Waals surface area (Å²) in [5.41, 5.74) is 0. The topological polar surface area (TPSA) is 72.1 Å². The van der Waals surface area contributed by atoms with Gasteiger partial charge in [-0.2, -0.15) is 13.9 Å². The highest BCUT2D eigenvalue weighted by atomic mass is 19.3. The number of hydrogen-bond acceptors (Lipinski definition) is 3. The fourth-order valence-corrected chi connectivity index (χ4v) is 1.92. The van der Waals surface area contributed by atoms with E-state index in [-0.39, 0.29) is 12.4 Å². The molecule has 120 valence electrons. The van der Waals surface area contributed by atoms with Gasteiger partial charge in [-0.05, 0) is 12.5 Å². The third-order valence-electron chi connectivity index (χ3n) is 3.01. The Morgan fingerprint density at radius 3 is 2.86 bits per heavy atom. The van der Waals surface area contributed by atoms with Crippen LogP contribution in [0, 0.1) is 0 Å². The van der Waals surface area contributed by atoms with Crippen LogP contribution in [0.5, 0.6) is 0 Å². The Balaban J connectivity index is 1.72. The summed E-state index contributed by atoms with van der Waals surface area (Å²) in [5.74, 6) is 0.804. The van der Waals surface area contributed by atoms with E-state index in [9.17, 15) is 8.78 Å². The Hall–Kier alpha value is -2.45. The average Bonchev–Trinajstić information content (AvgIpc) is 3.17. The highest BCUT2D eigenvalue weighted by Gasteiger charge is 2.11. The van der Waals surface area contributed by atoms with E-state index >= 15 is 0 Å². The van der Waals surface area contributed by atoms with Gasteiger partial charge in [-0.15, -0.1) is 0 Å². The van der Waals surface area contributed by atoms with Crippen LogP contribution in [0.2, 0.25) is 0 Å². The van der Waals surface area contributed by atoms with Crippen LogP contribution >= 0.6 is 0 Å². The van der Waals surface area contributed by atoms with Crippen molar-refractivity contribution in [1.29, 1.82) is 0 Å². The molecule has 7 nitrogen and oxygen atoms in total. The fourth-order valence-electron chi connectivity index (χ4n) is 1.92. The number of nitrogens with one attached hydrogen (secondary N) is 2. The van der Waals surface area contributed by atoms with Crippen LogP contribution in [0.15, 0.2) is 35.8 Å². The lowest BCUT2D eigenvalue weighted by atomic mass is 10.4. The number of nitrogens with zero attached hydrogens (tertiary/aromatic N) is 5. The first kappa shape index (κ1) is 15.9. The molecule has 2 aromatic rings. The van der Waals surface area contributed by atoms with Crippen LogP contribution < -0.4 is 10.6 Å². The molecule has 0 aromatic carbocycles. The Bertz CT molecular complexity index is 577. The number of rotatable bonds is 7. The second-order valence-corrected chi connectivity index (χ2v) is 4.50. The Morgan fingerprint density at radius 2 is 2.18 bits per heavy atom. The lowest BCUT2D eigenvalue weighted by Crippen LogP contribution is -2.38. The summed E-state index contributed by atoms with van der Waals surface area (Å²) >= 11 is 0. The number of halogens is 2. The van der Waals surface area contributed by atoms with Crippen molar-refractivity contribution in [2.45, 2.75) is 26.1 Å². The lowest BCUT2D eigenvalue weighted by molar-refractivity contribution is 0.0668. The van der Waals surface area contributed by atoms with Gasteiger partial charge in [0.2, 0.25) is 0 Å². The minimum absolute atomic E-state index is 0.177. The van der Waals surface area contributed by atoms with Crippen LogP contribution in [0.4, 0.5) is 8.78 Å². The minimum atomic E-state index is -2.59. The summed E-state index contributed by atoms with van der Waals surface area (Å²) in [6.07, 6.45) is 7.11. The molecule has 2 heterocycles. The highest BCUT2D eigenvalue weighted by molar-refractivity contribution is 5.79. The normalized spacial score (nSPS) is 11.9. The summed E-state index contributed by atoms with van der Waals surface area (Å²) in [6.45, 7) is -0.922. The molecule has 0 aliphatic heterocycles. The smallest absolute Gasteiger partial charge is 0.319 e. The number of guanidine groups is 1. The molecule has 0 spiro atoms. The number of aliphatic imine (C=N–C) groups is 1. The summed E-state index contributed by atoms with van der Waals surface area (Å²) < 4.78 is 28.0. The van der Waals surface area contributed by atoms with Gasteiger partial charge in [0.25, 0.3) is 0 Å². The van der Waals surface area contributed by atoms with E-state index in [1.54, 1.807) is 13.2 Å². The second kappa shape index (κ2) is 8.11. The monoisotopic (exact) mass is 311 g/mol. The standard InChI is InChI=1S/C13H19F2N7/c1-16-13(18-4-2-7-21-8-3-5-20-21)19-10-11-17-6-9-22(11)12(14)15/h3,5-6,8-9,12H,2,4,7,10H2,1H3,(H2,16,18,19). The van der Waals surface area contributed by atoms with Gasteiger partial charge in [0.15, 0.2) is 5.96 Å². The van der Waals surface area contributed by atoms with Crippen LogP contribution in [0.3, 0.4) is 0 Å². The summed E-state index contributed by atoms with van der Waals surface area (Å²) in [7, 11) is 1.63. The van der Waals surface area contributed by atoms with Gasteiger partial charge in [-0.3, -0.25) is 14.2 Å². The maximum atomic E-state index is 12.7. The first-order valence-corrected chi connectivity index (χ1v) is 6.92.